The quantitative estimate of drug-likeness (QED) is 0.235. The summed E-state index contributed by atoms with van der Waals surface area (Å²) in [6.07, 6.45) is -2.19. The highest BCUT2D eigenvalue weighted by molar-refractivity contribution is 5.98. The number of pyridine rings is 1. The van der Waals surface area contributed by atoms with E-state index < -0.39 is 33.8 Å². The number of carbonyl (C=O) groups is 1. The van der Waals surface area contributed by atoms with Gasteiger partial charge in [-0.2, -0.15) is 18.3 Å². The number of benzene rings is 2. The van der Waals surface area contributed by atoms with Crippen molar-refractivity contribution in [3.63, 3.8) is 0 Å². The number of hydrogen-bond acceptors (Lipinski definition) is 7. The number of anilines is 2. The van der Waals surface area contributed by atoms with Crippen molar-refractivity contribution in [1.29, 1.82) is 0 Å². The van der Waals surface area contributed by atoms with E-state index in [9.17, 15) is 32.9 Å². The van der Waals surface area contributed by atoms with Crippen LogP contribution in [0.3, 0.4) is 0 Å². The number of alkyl halides is 3. The van der Waals surface area contributed by atoms with Gasteiger partial charge in [0.15, 0.2) is 0 Å². The zero-order chi connectivity index (χ0) is 25.9. The third kappa shape index (κ3) is 5.04. The molecule has 0 bridgehead atoms. The van der Waals surface area contributed by atoms with Crippen molar-refractivity contribution < 1.29 is 22.9 Å². The van der Waals surface area contributed by atoms with Crippen molar-refractivity contribution >= 4 is 35.0 Å². The van der Waals surface area contributed by atoms with Crippen molar-refractivity contribution in [2.75, 3.05) is 5.32 Å². The Bertz CT molecular complexity index is 1570. The normalized spacial score (nSPS) is 11.5. The van der Waals surface area contributed by atoms with E-state index in [-0.39, 0.29) is 28.3 Å². The zero-order valence-corrected chi connectivity index (χ0v) is 18.1. The minimum absolute atomic E-state index is 0.00982. The van der Waals surface area contributed by atoms with Gasteiger partial charge in [0.2, 0.25) is 0 Å². The lowest BCUT2D eigenvalue weighted by molar-refractivity contribution is -0.385. The summed E-state index contributed by atoms with van der Waals surface area (Å²) in [5.74, 6) is -1.02. The molecule has 2 N–H and O–H groups in total. The number of halogens is 3. The highest BCUT2D eigenvalue weighted by Gasteiger charge is 2.30. The molecule has 182 valence electrons. The number of para-hydroxylation sites is 1. The highest BCUT2D eigenvalue weighted by Crippen LogP contribution is 2.31. The third-order valence-electron chi connectivity index (χ3n) is 4.93. The number of aromatic nitrogens is 2. The predicted octanol–water partition coefficient (Wildman–Crippen LogP) is 4.13. The first-order chi connectivity index (χ1) is 17.1. The van der Waals surface area contributed by atoms with E-state index in [0.717, 1.165) is 24.4 Å². The highest BCUT2D eigenvalue weighted by atomic mass is 19.4. The summed E-state index contributed by atoms with van der Waals surface area (Å²) in [6.45, 7) is 0. The molecule has 10 nitrogen and oxygen atoms in total. The molecule has 13 heteroatoms. The Kier molecular flexibility index (Phi) is 6.46. The van der Waals surface area contributed by atoms with Gasteiger partial charge in [-0.3, -0.25) is 24.1 Å². The molecule has 0 saturated carbocycles. The molecule has 0 spiro atoms. The van der Waals surface area contributed by atoms with Crippen LogP contribution >= 0.6 is 0 Å². The maximum Gasteiger partial charge on any atom is 0.416 e. The second-order valence-electron chi connectivity index (χ2n) is 7.29. The number of rotatable bonds is 6. The number of fused-ring (bicyclic) bond motifs is 1. The monoisotopic (exact) mass is 496 g/mol. The van der Waals surface area contributed by atoms with Gasteiger partial charge in [-0.15, -0.1) is 0 Å². The molecule has 36 heavy (non-hydrogen) atoms. The Hall–Kier alpha value is -5.07. The van der Waals surface area contributed by atoms with Crippen LogP contribution in [0.15, 0.2) is 82.8 Å². The molecule has 2 heterocycles. The Balaban J connectivity index is 1.70. The van der Waals surface area contributed by atoms with Gasteiger partial charge in [-0.25, -0.2) is 10.4 Å². The fourth-order valence-electron chi connectivity index (χ4n) is 3.26. The molecule has 0 unspecified atom stereocenters. The zero-order valence-electron chi connectivity index (χ0n) is 18.1. The fraction of sp³-hybridized carbons (Fsp3) is 0.0435. The molecule has 2 aromatic heterocycles. The third-order valence-corrected chi connectivity index (χ3v) is 4.93. The van der Waals surface area contributed by atoms with Gasteiger partial charge in [-0.1, -0.05) is 24.3 Å². The molecule has 4 rings (SSSR count). The van der Waals surface area contributed by atoms with Gasteiger partial charge in [0, 0.05) is 18.0 Å². The summed E-state index contributed by atoms with van der Waals surface area (Å²) in [5.41, 5.74) is -0.0798. The number of nitro groups is 1. The second kappa shape index (κ2) is 9.66. The van der Waals surface area contributed by atoms with Gasteiger partial charge >= 0.3 is 6.18 Å². The first-order valence-corrected chi connectivity index (χ1v) is 10.2. The lowest BCUT2D eigenvalue weighted by Gasteiger charge is -2.12. The fourth-order valence-corrected chi connectivity index (χ4v) is 3.26. The van der Waals surface area contributed by atoms with Crippen LogP contribution in [0, 0.1) is 10.1 Å². The number of hydrazone groups is 1. The number of amides is 1. The van der Waals surface area contributed by atoms with Crippen LogP contribution < -0.4 is 16.3 Å². The number of carbonyl (C=O) groups excluding carboxylic acids is 1. The molecule has 0 saturated heterocycles. The van der Waals surface area contributed by atoms with E-state index in [1.165, 1.54) is 47.0 Å². The molecule has 0 fully saturated rings. The molecule has 0 radical (unpaired) electrons. The predicted molar refractivity (Wildman–Crippen MR) is 124 cm³/mol. The van der Waals surface area contributed by atoms with Gasteiger partial charge in [-0.05, 0) is 36.4 Å². The average Bonchev–Trinajstić information content (AvgIpc) is 2.85. The average molecular weight is 496 g/mol. The van der Waals surface area contributed by atoms with Crippen molar-refractivity contribution in [1.82, 2.24) is 14.8 Å². The molecular weight excluding hydrogens is 481 g/mol. The topological polar surface area (TPSA) is 131 Å². The van der Waals surface area contributed by atoms with Crippen molar-refractivity contribution in [3.8, 4) is 0 Å². The summed E-state index contributed by atoms with van der Waals surface area (Å²) in [4.78, 5) is 40.2. The molecule has 0 atom stereocenters. The first kappa shape index (κ1) is 24.1. The maximum absolute atomic E-state index is 13.1. The Morgan fingerprint density at radius 1 is 1.08 bits per heavy atom. The number of hydrogen-bond donors (Lipinski definition) is 2. The molecule has 4 aromatic rings. The molecule has 0 aliphatic heterocycles. The number of nitro benzene ring substituents is 1. The summed E-state index contributed by atoms with van der Waals surface area (Å²) in [6, 6.07) is 14.2. The lowest BCUT2D eigenvalue weighted by atomic mass is 10.2. The minimum atomic E-state index is -4.58. The number of nitrogens with one attached hydrogen (secondary N) is 2. The van der Waals surface area contributed by atoms with Gasteiger partial charge in [0.1, 0.15) is 22.6 Å². The van der Waals surface area contributed by atoms with Crippen LogP contribution in [-0.4, -0.2) is 26.4 Å². The standard InChI is InChI=1S/C23H15F3N6O4/c24-23(25,26)14-6-5-7-15(12-14)28-20-17(22(34)31-11-4-3-10-19(31)29-20)13-27-30-21(33)16-8-1-2-9-18(16)32(35)36/h1-13,28H,(H,30,33)/b27-13-. The largest absolute Gasteiger partial charge is 0.416 e. The summed E-state index contributed by atoms with van der Waals surface area (Å²) >= 11 is 0. The Morgan fingerprint density at radius 3 is 2.58 bits per heavy atom. The van der Waals surface area contributed by atoms with E-state index >= 15 is 0 Å². The van der Waals surface area contributed by atoms with Gasteiger partial charge in [0.25, 0.3) is 17.2 Å². The van der Waals surface area contributed by atoms with Crippen molar-refractivity contribution in [3.05, 3.63) is 110 Å². The van der Waals surface area contributed by atoms with E-state index in [2.05, 4.69) is 20.8 Å². The molecule has 0 aliphatic rings. The molecule has 2 aromatic carbocycles. The Labute approximate surface area is 199 Å². The first-order valence-electron chi connectivity index (χ1n) is 10.2. The number of nitrogens with zero attached hydrogens (tertiary/aromatic N) is 4. The summed E-state index contributed by atoms with van der Waals surface area (Å²) in [5, 5.41) is 17.6. The van der Waals surface area contributed by atoms with Crippen molar-refractivity contribution in [2.24, 2.45) is 5.10 Å². The van der Waals surface area contributed by atoms with Crippen LogP contribution in [0.5, 0.6) is 0 Å². The van der Waals surface area contributed by atoms with Gasteiger partial charge in [0.05, 0.1) is 16.7 Å². The van der Waals surface area contributed by atoms with E-state index in [4.69, 9.17) is 0 Å². The van der Waals surface area contributed by atoms with E-state index in [1.807, 2.05) is 0 Å². The molecular formula is C23H15F3N6O4. The van der Waals surface area contributed by atoms with E-state index in [1.54, 1.807) is 12.1 Å². The maximum atomic E-state index is 13.1. The van der Waals surface area contributed by atoms with Gasteiger partial charge < -0.3 is 5.32 Å². The van der Waals surface area contributed by atoms with Crippen LogP contribution in [0.25, 0.3) is 5.65 Å². The van der Waals surface area contributed by atoms with Crippen LogP contribution in [-0.2, 0) is 6.18 Å². The second-order valence-corrected chi connectivity index (χ2v) is 7.29. The van der Waals surface area contributed by atoms with Crippen molar-refractivity contribution in [2.45, 2.75) is 6.18 Å². The lowest BCUT2D eigenvalue weighted by Crippen LogP contribution is -2.23. The molecule has 1 amide bonds. The van der Waals surface area contributed by atoms with Crippen LogP contribution in [0.1, 0.15) is 21.5 Å². The smallest absolute Gasteiger partial charge is 0.339 e. The summed E-state index contributed by atoms with van der Waals surface area (Å²) in [7, 11) is 0. The summed E-state index contributed by atoms with van der Waals surface area (Å²) < 4.78 is 40.5. The SMILES string of the molecule is O=C(N/N=C\c1c(Nc2cccc(C(F)(F)F)c2)nc2ccccn2c1=O)c1ccccc1[N+](=O)[O-]. The van der Waals surface area contributed by atoms with E-state index in [0.29, 0.717) is 0 Å². The van der Waals surface area contributed by atoms with Crippen LogP contribution in [0.4, 0.5) is 30.4 Å². The Morgan fingerprint density at radius 2 is 1.83 bits per heavy atom. The molecule has 0 aliphatic carbocycles. The van der Waals surface area contributed by atoms with Crippen LogP contribution in [0.2, 0.25) is 0 Å². The minimum Gasteiger partial charge on any atom is -0.339 e.